The molecule has 1 fully saturated rings. The van der Waals surface area contributed by atoms with Gasteiger partial charge in [0, 0.05) is 22.1 Å². The van der Waals surface area contributed by atoms with Crippen molar-refractivity contribution in [2.24, 2.45) is 0 Å². The first-order chi connectivity index (χ1) is 7.66. The second kappa shape index (κ2) is 5.17. The molecule has 1 atom stereocenters. The summed E-state index contributed by atoms with van der Waals surface area (Å²) in [5.41, 5.74) is 0.622. The number of halogens is 2. The van der Waals surface area contributed by atoms with Crippen molar-refractivity contribution in [1.29, 1.82) is 0 Å². The molecule has 16 heavy (non-hydrogen) atoms. The number of carbonyl (C=O) groups is 1. The van der Waals surface area contributed by atoms with Crippen molar-refractivity contribution in [2.75, 3.05) is 13.1 Å². The number of amides is 1. The minimum Gasteiger partial charge on any atom is -0.348 e. The van der Waals surface area contributed by atoms with Gasteiger partial charge in [0.1, 0.15) is 0 Å². The summed E-state index contributed by atoms with van der Waals surface area (Å²) in [5, 5.41) is 6.80. The van der Waals surface area contributed by atoms with Crippen LogP contribution in [0.3, 0.4) is 0 Å². The number of hydrogen-bond donors (Lipinski definition) is 2. The van der Waals surface area contributed by atoms with Crippen LogP contribution >= 0.6 is 27.5 Å². The maximum Gasteiger partial charge on any atom is 0.252 e. The average Bonchev–Trinajstić information content (AvgIpc) is 2.70. The quantitative estimate of drug-likeness (QED) is 0.879. The third kappa shape index (κ3) is 2.75. The van der Waals surface area contributed by atoms with E-state index >= 15 is 0 Å². The van der Waals surface area contributed by atoms with Crippen molar-refractivity contribution in [3.05, 3.63) is 33.3 Å². The van der Waals surface area contributed by atoms with E-state index in [4.69, 9.17) is 11.6 Å². The summed E-state index contributed by atoms with van der Waals surface area (Å²) in [7, 11) is 0. The third-order valence-electron chi connectivity index (χ3n) is 2.57. The van der Waals surface area contributed by atoms with Gasteiger partial charge < -0.3 is 10.6 Å². The summed E-state index contributed by atoms with van der Waals surface area (Å²) in [5.74, 6) is -0.0581. The highest BCUT2D eigenvalue weighted by Gasteiger charge is 2.18. The van der Waals surface area contributed by atoms with Gasteiger partial charge in [-0.05, 0) is 47.1 Å². The van der Waals surface area contributed by atoms with Gasteiger partial charge >= 0.3 is 0 Å². The largest absolute Gasteiger partial charge is 0.348 e. The van der Waals surface area contributed by atoms with E-state index < -0.39 is 0 Å². The summed E-state index contributed by atoms with van der Waals surface area (Å²) < 4.78 is 0.725. The van der Waals surface area contributed by atoms with Crippen LogP contribution in [0.4, 0.5) is 0 Å². The summed E-state index contributed by atoms with van der Waals surface area (Å²) in [6.07, 6.45) is 0.983. The molecule has 2 N–H and O–H groups in total. The molecule has 1 heterocycles. The standard InChI is InChI=1S/C11H12BrClN2O/c12-10-5-7(13)1-2-9(10)11(16)15-8-3-4-14-6-8/h1-2,5,8,14H,3-4,6H2,(H,15,16). The number of benzene rings is 1. The molecule has 86 valence electrons. The minimum atomic E-state index is -0.0581. The first-order valence-electron chi connectivity index (χ1n) is 5.13. The van der Waals surface area contributed by atoms with E-state index in [1.54, 1.807) is 18.2 Å². The molecule has 0 spiro atoms. The van der Waals surface area contributed by atoms with Crippen LogP contribution in [0, 0.1) is 0 Å². The van der Waals surface area contributed by atoms with Crippen LogP contribution < -0.4 is 10.6 Å². The lowest BCUT2D eigenvalue weighted by atomic mass is 10.2. The number of hydrogen-bond acceptors (Lipinski definition) is 2. The van der Waals surface area contributed by atoms with E-state index in [0.29, 0.717) is 10.6 Å². The van der Waals surface area contributed by atoms with Gasteiger partial charge in [-0.25, -0.2) is 0 Å². The molecule has 1 amide bonds. The number of rotatable bonds is 2. The average molecular weight is 304 g/mol. The first-order valence-corrected chi connectivity index (χ1v) is 6.30. The second-order valence-electron chi connectivity index (χ2n) is 3.79. The van der Waals surface area contributed by atoms with Crippen molar-refractivity contribution in [1.82, 2.24) is 10.6 Å². The Morgan fingerprint density at radius 3 is 3.00 bits per heavy atom. The predicted molar refractivity (Wildman–Crippen MR) is 67.9 cm³/mol. The Labute approximate surface area is 108 Å². The Morgan fingerprint density at radius 2 is 2.38 bits per heavy atom. The van der Waals surface area contributed by atoms with Crippen LogP contribution in [0.5, 0.6) is 0 Å². The van der Waals surface area contributed by atoms with Gasteiger partial charge in [0.2, 0.25) is 0 Å². The molecule has 1 aromatic carbocycles. The van der Waals surface area contributed by atoms with Crippen LogP contribution in [0.2, 0.25) is 5.02 Å². The maximum absolute atomic E-state index is 11.9. The molecule has 1 aromatic rings. The van der Waals surface area contributed by atoms with Crippen molar-refractivity contribution in [3.8, 4) is 0 Å². The fourth-order valence-electron chi connectivity index (χ4n) is 1.71. The lowest BCUT2D eigenvalue weighted by Crippen LogP contribution is -2.36. The van der Waals surface area contributed by atoms with Gasteiger partial charge in [-0.2, -0.15) is 0 Å². The lowest BCUT2D eigenvalue weighted by Gasteiger charge is -2.12. The Bertz CT molecular complexity index is 405. The molecular formula is C11H12BrClN2O. The summed E-state index contributed by atoms with van der Waals surface area (Å²) in [6, 6.07) is 5.40. The Morgan fingerprint density at radius 1 is 1.56 bits per heavy atom. The first kappa shape index (κ1) is 11.9. The van der Waals surface area contributed by atoms with Crippen molar-refractivity contribution in [2.45, 2.75) is 12.5 Å². The van der Waals surface area contributed by atoms with Crippen LogP contribution in [-0.2, 0) is 0 Å². The van der Waals surface area contributed by atoms with Crippen LogP contribution in [0.1, 0.15) is 16.8 Å². The van der Waals surface area contributed by atoms with Crippen molar-refractivity contribution in [3.63, 3.8) is 0 Å². The molecular weight excluding hydrogens is 291 g/mol. The molecule has 1 aliphatic rings. The van der Waals surface area contributed by atoms with Gasteiger partial charge in [-0.3, -0.25) is 4.79 Å². The van der Waals surface area contributed by atoms with E-state index in [9.17, 15) is 4.79 Å². The maximum atomic E-state index is 11.9. The summed E-state index contributed by atoms with van der Waals surface area (Å²) >= 11 is 9.16. The topological polar surface area (TPSA) is 41.1 Å². The molecule has 3 nitrogen and oxygen atoms in total. The monoisotopic (exact) mass is 302 g/mol. The zero-order chi connectivity index (χ0) is 11.5. The van der Waals surface area contributed by atoms with Gasteiger partial charge in [0.25, 0.3) is 5.91 Å². The third-order valence-corrected chi connectivity index (χ3v) is 3.46. The molecule has 5 heteroatoms. The van der Waals surface area contributed by atoms with E-state index in [2.05, 4.69) is 26.6 Å². The Balaban J connectivity index is 2.08. The van der Waals surface area contributed by atoms with E-state index in [0.717, 1.165) is 24.0 Å². The van der Waals surface area contributed by atoms with Crippen molar-refractivity contribution < 1.29 is 4.79 Å². The second-order valence-corrected chi connectivity index (χ2v) is 5.08. The van der Waals surface area contributed by atoms with E-state index in [1.165, 1.54) is 0 Å². The summed E-state index contributed by atoms with van der Waals surface area (Å²) in [4.78, 5) is 11.9. The molecule has 0 bridgehead atoms. The normalized spacial score (nSPS) is 19.8. The molecule has 2 rings (SSSR count). The number of nitrogens with one attached hydrogen (secondary N) is 2. The van der Waals surface area contributed by atoms with E-state index in [1.807, 2.05) is 0 Å². The smallest absolute Gasteiger partial charge is 0.252 e. The fraction of sp³-hybridized carbons (Fsp3) is 0.364. The Kier molecular flexibility index (Phi) is 3.84. The van der Waals surface area contributed by atoms with Crippen LogP contribution in [0.25, 0.3) is 0 Å². The van der Waals surface area contributed by atoms with Gasteiger partial charge in [0.15, 0.2) is 0 Å². The molecule has 0 radical (unpaired) electrons. The highest BCUT2D eigenvalue weighted by Crippen LogP contribution is 2.21. The summed E-state index contributed by atoms with van der Waals surface area (Å²) in [6.45, 7) is 1.81. The van der Waals surface area contributed by atoms with Crippen LogP contribution in [0.15, 0.2) is 22.7 Å². The molecule has 1 saturated heterocycles. The minimum absolute atomic E-state index is 0.0581. The molecule has 1 unspecified atom stereocenters. The SMILES string of the molecule is O=C(NC1CCNC1)c1ccc(Cl)cc1Br. The highest BCUT2D eigenvalue weighted by atomic mass is 79.9. The van der Waals surface area contributed by atoms with Gasteiger partial charge in [0.05, 0.1) is 5.56 Å². The van der Waals surface area contributed by atoms with E-state index in [-0.39, 0.29) is 11.9 Å². The highest BCUT2D eigenvalue weighted by molar-refractivity contribution is 9.10. The zero-order valence-electron chi connectivity index (χ0n) is 8.59. The van der Waals surface area contributed by atoms with Gasteiger partial charge in [-0.1, -0.05) is 11.6 Å². The predicted octanol–water partition coefficient (Wildman–Crippen LogP) is 2.19. The molecule has 0 aliphatic carbocycles. The molecule has 0 aromatic heterocycles. The lowest BCUT2D eigenvalue weighted by molar-refractivity contribution is 0.0939. The molecule has 1 aliphatic heterocycles. The zero-order valence-corrected chi connectivity index (χ0v) is 10.9. The fourth-order valence-corrected chi connectivity index (χ4v) is 2.58. The Hall–Kier alpha value is -0.580. The molecule has 0 saturated carbocycles. The number of carbonyl (C=O) groups excluding carboxylic acids is 1. The van der Waals surface area contributed by atoms with Crippen LogP contribution in [-0.4, -0.2) is 25.0 Å². The van der Waals surface area contributed by atoms with Gasteiger partial charge in [-0.15, -0.1) is 0 Å². The van der Waals surface area contributed by atoms with Crippen molar-refractivity contribution >= 4 is 33.4 Å².